The molecule has 0 bridgehead atoms. The molecule has 3 heterocycles. The Bertz CT molecular complexity index is 1540. The van der Waals surface area contributed by atoms with E-state index in [-0.39, 0.29) is 54.7 Å². The molecule has 0 aliphatic heterocycles. The molecule has 0 radical (unpaired) electrons. The Kier molecular flexibility index (Phi) is 5.28. The number of H-pyrrole nitrogens is 1. The van der Waals surface area contributed by atoms with Crippen LogP contribution in [0.25, 0.3) is 21.5 Å². The van der Waals surface area contributed by atoms with Gasteiger partial charge in [0.25, 0.3) is 5.91 Å². The Balaban J connectivity index is 1.91. The number of hydrogen-bond donors (Lipinski definition) is 4. The Hall–Kier alpha value is -4.70. The molecular formula is C20H16N7O5S+. The van der Waals surface area contributed by atoms with E-state index in [1.165, 1.54) is 31.0 Å². The highest BCUT2D eigenvalue weighted by molar-refractivity contribution is 7.21. The fourth-order valence-corrected chi connectivity index (χ4v) is 4.37. The van der Waals surface area contributed by atoms with Crippen molar-refractivity contribution in [3.05, 3.63) is 50.7 Å². The summed E-state index contributed by atoms with van der Waals surface area (Å²) in [7, 11) is 2.73. The number of carbonyl (C=O) groups is 2. The fourth-order valence-electron chi connectivity index (χ4n) is 3.36. The predicted octanol–water partition coefficient (Wildman–Crippen LogP) is 1.14. The first-order valence-corrected chi connectivity index (χ1v) is 10.1. The minimum Gasteiger partial charge on any atom is -0.465 e. The zero-order valence-corrected chi connectivity index (χ0v) is 18.1. The molecule has 0 aliphatic rings. The summed E-state index contributed by atoms with van der Waals surface area (Å²) in [4.78, 5) is 41.9. The van der Waals surface area contributed by atoms with E-state index >= 15 is 0 Å². The SMILES string of the molecule is COC(=O)c1ccccc1NC(=O)c1sc2nc(N)c(C#N)c(-c3c(=O)o[nH][n+]3C)c2c1N. The molecule has 0 atom stereocenters. The highest BCUT2D eigenvalue weighted by Crippen LogP contribution is 2.41. The van der Waals surface area contributed by atoms with Crippen molar-refractivity contribution >= 4 is 50.6 Å². The number of aromatic nitrogens is 3. The van der Waals surface area contributed by atoms with E-state index < -0.39 is 17.5 Å². The van der Waals surface area contributed by atoms with Crippen molar-refractivity contribution in [3.8, 4) is 17.3 Å². The highest BCUT2D eigenvalue weighted by Gasteiger charge is 2.32. The lowest BCUT2D eigenvalue weighted by molar-refractivity contribution is -0.730. The summed E-state index contributed by atoms with van der Waals surface area (Å²) in [6.45, 7) is 0. The first kappa shape index (κ1) is 21.5. The van der Waals surface area contributed by atoms with Gasteiger partial charge in [-0.1, -0.05) is 16.8 Å². The van der Waals surface area contributed by atoms with E-state index in [1.807, 2.05) is 6.07 Å². The molecule has 0 saturated heterocycles. The molecule has 13 heteroatoms. The van der Waals surface area contributed by atoms with Gasteiger partial charge in [0.1, 0.15) is 27.2 Å². The molecule has 1 amide bonds. The number of para-hydroxylation sites is 1. The van der Waals surface area contributed by atoms with Crippen LogP contribution in [0.2, 0.25) is 0 Å². The number of aromatic amines is 1. The first-order chi connectivity index (χ1) is 15.8. The molecule has 0 fully saturated rings. The second-order valence-corrected chi connectivity index (χ2v) is 7.76. The third kappa shape index (κ3) is 3.44. The molecule has 0 saturated carbocycles. The number of esters is 1. The average Bonchev–Trinajstić information content (AvgIpc) is 3.31. The van der Waals surface area contributed by atoms with Crippen molar-refractivity contribution < 1.29 is 23.5 Å². The molecule has 3 aromatic heterocycles. The maximum Gasteiger partial charge on any atom is 0.435 e. The van der Waals surface area contributed by atoms with Crippen LogP contribution in [0.5, 0.6) is 0 Å². The smallest absolute Gasteiger partial charge is 0.435 e. The standard InChI is InChI=1S/C20H15N7O5S/c1-27-14(20(30)32-26-27)11-9(7-21)16(23)25-18-12(11)13(22)15(33-18)17(28)24-10-6-4-3-5-8(10)19(29)31-2/h3-6H,1-2H3,(H5-,22,23,24,25,26,28,29,30)/p+1. The van der Waals surface area contributed by atoms with Crippen LogP contribution in [-0.4, -0.2) is 29.2 Å². The normalized spacial score (nSPS) is 10.7. The molecule has 166 valence electrons. The molecule has 1 aromatic carbocycles. The van der Waals surface area contributed by atoms with Crippen LogP contribution in [0.3, 0.4) is 0 Å². The summed E-state index contributed by atoms with van der Waals surface area (Å²) in [5.41, 5.74) is 11.9. The molecule has 6 N–H and O–H groups in total. The van der Waals surface area contributed by atoms with Gasteiger partial charge in [0.15, 0.2) is 7.05 Å². The summed E-state index contributed by atoms with van der Waals surface area (Å²) >= 11 is 0.922. The average molecular weight is 466 g/mol. The van der Waals surface area contributed by atoms with Gasteiger partial charge in [-0.3, -0.25) is 9.32 Å². The molecule has 12 nitrogen and oxygen atoms in total. The lowest BCUT2D eigenvalue weighted by atomic mass is 10.0. The number of pyridine rings is 1. The summed E-state index contributed by atoms with van der Waals surface area (Å²) in [6, 6.07) is 8.23. The number of rotatable bonds is 4. The third-order valence-corrected chi connectivity index (χ3v) is 5.94. The van der Waals surface area contributed by atoms with Crippen molar-refractivity contribution in [1.82, 2.24) is 10.3 Å². The molecule has 33 heavy (non-hydrogen) atoms. The lowest BCUT2D eigenvalue weighted by Crippen LogP contribution is -2.34. The van der Waals surface area contributed by atoms with Crippen molar-refractivity contribution in [2.24, 2.45) is 7.05 Å². The van der Waals surface area contributed by atoms with Crippen LogP contribution in [0, 0.1) is 11.3 Å². The summed E-state index contributed by atoms with van der Waals surface area (Å²) in [5, 5.41) is 14.9. The lowest BCUT2D eigenvalue weighted by Gasteiger charge is -2.09. The number of methoxy groups -OCH3 is 1. The maximum atomic E-state index is 13.1. The topological polar surface area (TPSA) is 194 Å². The van der Waals surface area contributed by atoms with Crippen LogP contribution in [0.1, 0.15) is 25.6 Å². The van der Waals surface area contributed by atoms with Crippen molar-refractivity contribution in [2.75, 3.05) is 23.9 Å². The maximum absolute atomic E-state index is 13.1. The molecular weight excluding hydrogens is 450 g/mol. The minimum atomic E-state index is -0.760. The molecule has 4 aromatic rings. The molecule has 4 rings (SSSR count). The monoisotopic (exact) mass is 466 g/mol. The number of amides is 1. The summed E-state index contributed by atoms with van der Waals surface area (Å²) < 4.78 is 10.8. The van der Waals surface area contributed by atoms with E-state index in [2.05, 4.69) is 15.6 Å². The van der Waals surface area contributed by atoms with Crippen LogP contribution < -0.4 is 27.1 Å². The number of nitrogens with zero attached hydrogens (tertiary/aromatic N) is 3. The largest absolute Gasteiger partial charge is 0.465 e. The van der Waals surface area contributed by atoms with Gasteiger partial charge in [-0.25, -0.2) is 14.6 Å². The van der Waals surface area contributed by atoms with Crippen LogP contribution >= 0.6 is 11.3 Å². The Morgan fingerprint density at radius 1 is 1.33 bits per heavy atom. The third-order valence-electron chi connectivity index (χ3n) is 4.84. The Morgan fingerprint density at radius 2 is 2.06 bits per heavy atom. The Labute approximate surface area is 188 Å². The summed E-state index contributed by atoms with van der Waals surface area (Å²) in [5.74, 6) is -1.39. The molecule has 0 spiro atoms. The number of nitrogen functional groups attached to an aromatic ring is 2. The number of anilines is 3. The number of nitrogens with one attached hydrogen (secondary N) is 2. The number of nitriles is 1. The second-order valence-electron chi connectivity index (χ2n) is 6.76. The number of carbonyl (C=O) groups excluding carboxylic acids is 2. The van der Waals surface area contributed by atoms with Crippen molar-refractivity contribution in [1.29, 1.82) is 5.26 Å². The van der Waals surface area contributed by atoms with Gasteiger partial charge >= 0.3 is 17.3 Å². The Morgan fingerprint density at radius 3 is 2.70 bits per heavy atom. The highest BCUT2D eigenvalue weighted by atomic mass is 32.1. The molecule has 0 aliphatic carbocycles. The number of nitrogens with two attached hydrogens (primary N) is 2. The number of hydrogen-bond acceptors (Lipinski definition) is 10. The van der Waals surface area contributed by atoms with Gasteiger partial charge in [0.2, 0.25) is 0 Å². The van der Waals surface area contributed by atoms with Crippen molar-refractivity contribution in [2.45, 2.75) is 0 Å². The van der Waals surface area contributed by atoms with E-state index in [9.17, 15) is 19.6 Å². The first-order valence-electron chi connectivity index (χ1n) is 9.26. The van der Waals surface area contributed by atoms with E-state index in [0.29, 0.717) is 0 Å². The van der Waals surface area contributed by atoms with Gasteiger partial charge in [0, 0.05) is 0 Å². The van der Waals surface area contributed by atoms with Gasteiger partial charge < -0.3 is 21.5 Å². The van der Waals surface area contributed by atoms with E-state index in [4.69, 9.17) is 20.7 Å². The number of aryl methyl sites for hydroxylation is 1. The van der Waals surface area contributed by atoms with Gasteiger partial charge in [-0.2, -0.15) is 5.26 Å². The van der Waals surface area contributed by atoms with E-state index in [1.54, 1.807) is 12.1 Å². The van der Waals surface area contributed by atoms with Gasteiger partial charge in [-0.05, 0) is 17.4 Å². The minimum absolute atomic E-state index is 0.0114. The van der Waals surface area contributed by atoms with Crippen LogP contribution in [-0.2, 0) is 11.8 Å². The zero-order valence-electron chi connectivity index (χ0n) is 17.3. The fraction of sp³-hybridized carbons (Fsp3) is 0.100. The number of thiophene rings is 1. The second kappa shape index (κ2) is 8.09. The summed E-state index contributed by atoms with van der Waals surface area (Å²) in [6.07, 6.45) is 0. The van der Waals surface area contributed by atoms with E-state index in [0.717, 1.165) is 11.3 Å². The van der Waals surface area contributed by atoms with Crippen LogP contribution in [0.15, 0.2) is 33.6 Å². The van der Waals surface area contributed by atoms with Gasteiger partial charge in [0.05, 0.1) is 35.0 Å². The van der Waals surface area contributed by atoms with Gasteiger partial charge in [-0.15, -0.1) is 11.3 Å². The predicted molar refractivity (Wildman–Crippen MR) is 118 cm³/mol. The number of fused-ring (bicyclic) bond motifs is 1. The van der Waals surface area contributed by atoms with Crippen LogP contribution in [0.4, 0.5) is 17.2 Å². The van der Waals surface area contributed by atoms with Crippen molar-refractivity contribution in [3.63, 3.8) is 0 Å². The molecule has 0 unspecified atom stereocenters. The quantitative estimate of drug-likeness (QED) is 0.252. The number of benzene rings is 1. The zero-order chi connectivity index (χ0) is 23.9. The number of ether oxygens (including phenoxy) is 1.